The predicted octanol–water partition coefficient (Wildman–Crippen LogP) is 2.43. The largest absolute Gasteiger partial charge is 0.435 e. The van der Waals surface area contributed by atoms with Crippen molar-refractivity contribution in [1.82, 2.24) is 25.1 Å². The molecule has 2 aromatic rings. The Kier molecular flexibility index (Phi) is 4.56. The third-order valence-corrected chi connectivity index (χ3v) is 2.66. The van der Waals surface area contributed by atoms with E-state index in [4.69, 9.17) is 0 Å². The van der Waals surface area contributed by atoms with Crippen LogP contribution in [0.4, 0.5) is 13.2 Å². The lowest BCUT2D eigenvalue weighted by atomic mass is 10.2. The van der Waals surface area contributed by atoms with E-state index in [-0.39, 0.29) is 5.82 Å². The van der Waals surface area contributed by atoms with Crippen LogP contribution in [0.25, 0.3) is 5.82 Å². The molecule has 21 heavy (non-hydrogen) atoms. The van der Waals surface area contributed by atoms with Crippen LogP contribution in [0.3, 0.4) is 0 Å². The summed E-state index contributed by atoms with van der Waals surface area (Å²) in [4.78, 5) is 8.23. The van der Waals surface area contributed by atoms with Gasteiger partial charge in [-0.3, -0.25) is 4.98 Å². The van der Waals surface area contributed by atoms with Crippen LogP contribution in [-0.2, 0) is 12.7 Å². The Balaban J connectivity index is 2.03. The molecular formula is C13H16F3N5. The molecule has 2 aromatic heterocycles. The zero-order valence-corrected chi connectivity index (χ0v) is 11.7. The molecule has 5 nitrogen and oxygen atoms in total. The Morgan fingerprint density at radius 3 is 2.52 bits per heavy atom. The fourth-order valence-corrected chi connectivity index (χ4v) is 1.65. The summed E-state index contributed by atoms with van der Waals surface area (Å²) in [6, 6.07) is 0.903. The predicted molar refractivity (Wildman–Crippen MR) is 70.7 cm³/mol. The highest BCUT2D eigenvalue weighted by Crippen LogP contribution is 2.27. The molecule has 1 N–H and O–H groups in total. The number of aromatic nitrogens is 4. The van der Waals surface area contributed by atoms with E-state index in [0.29, 0.717) is 12.5 Å². The van der Waals surface area contributed by atoms with Crippen LogP contribution in [0.2, 0.25) is 0 Å². The molecule has 0 unspecified atom stereocenters. The quantitative estimate of drug-likeness (QED) is 0.921. The Morgan fingerprint density at radius 2 is 2.00 bits per heavy atom. The van der Waals surface area contributed by atoms with Crippen molar-refractivity contribution in [2.75, 3.05) is 6.54 Å². The van der Waals surface area contributed by atoms with Crippen LogP contribution in [-0.4, -0.2) is 26.3 Å². The zero-order valence-electron chi connectivity index (χ0n) is 11.7. The summed E-state index contributed by atoms with van der Waals surface area (Å²) in [7, 11) is 0. The molecule has 114 valence electrons. The van der Waals surface area contributed by atoms with Crippen molar-refractivity contribution in [3.8, 4) is 5.82 Å². The minimum atomic E-state index is -4.46. The Labute approximate surface area is 120 Å². The van der Waals surface area contributed by atoms with Gasteiger partial charge in [-0.1, -0.05) is 13.8 Å². The summed E-state index contributed by atoms with van der Waals surface area (Å²) in [5, 5.41) is 6.65. The second-order valence-corrected chi connectivity index (χ2v) is 5.03. The topological polar surface area (TPSA) is 55.6 Å². The third kappa shape index (κ3) is 4.25. The van der Waals surface area contributed by atoms with Crippen molar-refractivity contribution in [3.63, 3.8) is 0 Å². The van der Waals surface area contributed by atoms with Crippen molar-refractivity contribution in [3.05, 3.63) is 36.0 Å². The van der Waals surface area contributed by atoms with Gasteiger partial charge < -0.3 is 5.32 Å². The average molecular weight is 299 g/mol. The Morgan fingerprint density at radius 1 is 1.24 bits per heavy atom. The maximum Gasteiger partial charge on any atom is 0.435 e. The van der Waals surface area contributed by atoms with Crippen LogP contribution in [0.15, 0.2) is 24.7 Å². The standard InChI is InChI=1S/C13H16F3N5/c1-9(2)5-17-6-10-7-19-12(8-18-10)21-4-3-11(20-21)13(14,15)16/h3-4,7-9,17H,5-6H2,1-2H3. The van der Waals surface area contributed by atoms with Gasteiger partial charge in [-0.25, -0.2) is 9.67 Å². The molecule has 2 heterocycles. The lowest BCUT2D eigenvalue weighted by Gasteiger charge is -2.07. The van der Waals surface area contributed by atoms with Gasteiger partial charge in [-0.15, -0.1) is 0 Å². The van der Waals surface area contributed by atoms with E-state index in [1.54, 1.807) is 0 Å². The van der Waals surface area contributed by atoms with E-state index in [9.17, 15) is 13.2 Å². The Hall–Kier alpha value is -1.96. The second kappa shape index (κ2) is 6.21. The van der Waals surface area contributed by atoms with E-state index in [2.05, 4.69) is 34.2 Å². The highest BCUT2D eigenvalue weighted by Gasteiger charge is 2.33. The van der Waals surface area contributed by atoms with Gasteiger partial charge in [0.2, 0.25) is 0 Å². The van der Waals surface area contributed by atoms with Crippen LogP contribution >= 0.6 is 0 Å². The van der Waals surface area contributed by atoms with Crippen LogP contribution in [0.5, 0.6) is 0 Å². The maximum atomic E-state index is 12.5. The lowest BCUT2D eigenvalue weighted by molar-refractivity contribution is -0.141. The summed E-state index contributed by atoms with van der Waals surface area (Å²) in [6.07, 6.45) is -0.319. The van der Waals surface area contributed by atoms with Gasteiger partial charge >= 0.3 is 6.18 Å². The minimum absolute atomic E-state index is 0.248. The molecule has 0 aromatic carbocycles. The first-order chi connectivity index (χ1) is 9.86. The van der Waals surface area contributed by atoms with Gasteiger partial charge in [-0.05, 0) is 18.5 Å². The molecule has 0 atom stereocenters. The van der Waals surface area contributed by atoms with E-state index in [0.717, 1.165) is 23.0 Å². The molecule has 0 bridgehead atoms. The molecule has 2 rings (SSSR count). The number of nitrogens with one attached hydrogen (secondary N) is 1. The smallest absolute Gasteiger partial charge is 0.311 e. The maximum absolute atomic E-state index is 12.5. The number of rotatable bonds is 5. The van der Waals surface area contributed by atoms with Gasteiger partial charge in [-0.2, -0.15) is 18.3 Å². The number of halogens is 3. The summed E-state index contributed by atoms with van der Waals surface area (Å²) in [5.41, 5.74) is -0.227. The van der Waals surface area contributed by atoms with Crippen molar-refractivity contribution in [1.29, 1.82) is 0 Å². The van der Waals surface area contributed by atoms with Crippen molar-refractivity contribution in [2.24, 2.45) is 5.92 Å². The van der Waals surface area contributed by atoms with Crippen molar-refractivity contribution in [2.45, 2.75) is 26.6 Å². The van der Waals surface area contributed by atoms with Gasteiger partial charge in [0, 0.05) is 12.7 Å². The normalized spacial score (nSPS) is 12.1. The van der Waals surface area contributed by atoms with Gasteiger partial charge in [0.05, 0.1) is 18.1 Å². The molecule has 0 radical (unpaired) electrons. The van der Waals surface area contributed by atoms with Crippen LogP contribution < -0.4 is 5.32 Å². The third-order valence-electron chi connectivity index (χ3n) is 2.66. The van der Waals surface area contributed by atoms with E-state index < -0.39 is 11.9 Å². The SMILES string of the molecule is CC(C)CNCc1cnc(-n2ccc(C(F)(F)F)n2)cn1. The molecule has 0 aliphatic carbocycles. The van der Waals surface area contributed by atoms with Crippen LogP contribution in [0, 0.1) is 5.92 Å². The zero-order chi connectivity index (χ0) is 15.5. The fourth-order valence-electron chi connectivity index (χ4n) is 1.65. The first-order valence-corrected chi connectivity index (χ1v) is 6.51. The van der Waals surface area contributed by atoms with Gasteiger partial charge in [0.15, 0.2) is 11.5 Å². The van der Waals surface area contributed by atoms with E-state index in [1.807, 2.05) is 0 Å². The molecule has 0 amide bonds. The molecule has 0 aliphatic heterocycles. The molecule has 0 spiro atoms. The lowest BCUT2D eigenvalue weighted by Crippen LogP contribution is -2.19. The minimum Gasteiger partial charge on any atom is -0.311 e. The first-order valence-electron chi connectivity index (χ1n) is 6.51. The van der Waals surface area contributed by atoms with Crippen LogP contribution in [0.1, 0.15) is 25.2 Å². The van der Waals surface area contributed by atoms with E-state index >= 15 is 0 Å². The average Bonchev–Trinajstić information content (AvgIpc) is 2.88. The molecule has 0 aliphatic rings. The fraction of sp³-hybridized carbons (Fsp3) is 0.462. The molecular weight excluding hydrogens is 283 g/mol. The Bertz CT molecular complexity index is 574. The summed E-state index contributed by atoms with van der Waals surface area (Å²) in [5.74, 6) is 0.778. The molecule has 0 saturated heterocycles. The number of hydrogen-bond donors (Lipinski definition) is 1. The molecule has 8 heteroatoms. The van der Waals surface area contributed by atoms with Gasteiger partial charge in [0.1, 0.15) is 0 Å². The number of nitrogens with zero attached hydrogens (tertiary/aromatic N) is 4. The van der Waals surface area contributed by atoms with Gasteiger partial charge in [0.25, 0.3) is 0 Å². The summed E-state index contributed by atoms with van der Waals surface area (Å²) in [6.45, 7) is 5.62. The highest BCUT2D eigenvalue weighted by atomic mass is 19.4. The van der Waals surface area contributed by atoms with Crippen molar-refractivity contribution >= 4 is 0 Å². The highest BCUT2D eigenvalue weighted by molar-refractivity contribution is 5.19. The number of alkyl halides is 3. The summed E-state index contributed by atoms with van der Waals surface area (Å²) < 4.78 is 38.5. The van der Waals surface area contributed by atoms with E-state index in [1.165, 1.54) is 18.6 Å². The number of hydrogen-bond acceptors (Lipinski definition) is 4. The monoisotopic (exact) mass is 299 g/mol. The molecule has 0 saturated carbocycles. The molecule has 0 fully saturated rings. The first kappa shape index (κ1) is 15.4. The summed E-state index contributed by atoms with van der Waals surface area (Å²) >= 11 is 0. The van der Waals surface area contributed by atoms with Crippen molar-refractivity contribution < 1.29 is 13.2 Å². The second-order valence-electron chi connectivity index (χ2n) is 5.03.